The van der Waals surface area contributed by atoms with Gasteiger partial charge < -0.3 is 0 Å². The van der Waals surface area contributed by atoms with E-state index in [1.165, 1.54) is 38.9 Å². The van der Waals surface area contributed by atoms with E-state index in [0.29, 0.717) is 17.5 Å². The molecule has 0 amide bonds. The smallest absolute Gasteiger partial charge is 0.164 e. The topological polar surface area (TPSA) is 51.6 Å². The third-order valence-corrected chi connectivity index (χ3v) is 14.9. The van der Waals surface area contributed by atoms with Crippen LogP contribution in [0.1, 0.15) is 33.6 Å². The standard InChI is InChI=1S/C71H50N4/c1-47-36-42-58(48(2)72-47)59-32-18-19-34-62(59)70-74-68(73-69(75-70)54-41-43-61-60-33-20-21-35-65(60)71(66(61)46-54,56-28-14-6-15-29-56)57-30-16-7-17-31-57)53-39-37-52(38-40-53)67-63(50-24-10-4-11-25-50)44-55(49-22-8-3-9-23-49)45-64(67)51-26-12-5-13-27-51/h3-46H,1-2H3. The Morgan fingerprint density at radius 2 is 0.693 bits per heavy atom. The second-order valence-corrected chi connectivity index (χ2v) is 19.3. The van der Waals surface area contributed by atoms with E-state index < -0.39 is 5.41 Å². The van der Waals surface area contributed by atoms with Gasteiger partial charge in [0.25, 0.3) is 0 Å². The highest BCUT2D eigenvalue weighted by Gasteiger charge is 2.46. The van der Waals surface area contributed by atoms with Gasteiger partial charge in [-0.1, -0.05) is 243 Å². The maximum absolute atomic E-state index is 5.45. The Kier molecular flexibility index (Phi) is 11.5. The minimum atomic E-state index is -0.585. The molecule has 0 spiro atoms. The van der Waals surface area contributed by atoms with E-state index in [9.17, 15) is 0 Å². The molecule has 2 heterocycles. The summed E-state index contributed by atoms with van der Waals surface area (Å²) in [4.78, 5) is 21.2. The average molecular weight is 959 g/mol. The van der Waals surface area contributed by atoms with E-state index in [4.69, 9.17) is 19.9 Å². The summed E-state index contributed by atoms with van der Waals surface area (Å²) in [5, 5.41) is 0. The number of hydrogen-bond acceptors (Lipinski definition) is 4. The third-order valence-electron chi connectivity index (χ3n) is 14.9. The summed E-state index contributed by atoms with van der Waals surface area (Å²) < 4.78 is 0. The second kappa shape index (κ2) is 19.1. The summed E-state index contributed by atoms with van der Waals surface area (Å²) in [5.74, 6) is 1.77. The zero-order valence-corrected chi connectivity index (χ0v) is 41.7. The highest BCUT2D eigenvalue weighted by atomic mass is 15.0. The van der Waals surface area contributed by atoms with Crippen LogP contribution in [0.4, 0.5) is 0 Å². The number of hydrogen-bond donors (Lipinski definition) is 0. The molecule has 75 heavy (non-hydrogen) atoms. The molecule has 0 saturated carbocycles. The van der Waals surface area contributed by atoms with Crippen molar-refractivity contribution in [2.24, 2.45) is 0 Å². The molecule has 2 aromatic heterocycles. The van der Waals surface area contributed by atoms with E-state index in [1.807, 2.05) is 6.92 Å². The van der Waals surface area contributed by atoms with Crippen molar-refractivity contribution in [2.45, 2.75) is 19.3 Å². The highest BCUT2D eigenvalue weighted by Crippen LogP contribution is 2.57. The van der Waals surface area contributed by atoms with Gasteiger partial charge in [0.1, 0.15) is 0 Å². The first-order valence-corrected chi connectivity index (χ1v) is 25.6. The minimum Gasteiger partial charge on any atom is -0.258 e. The van der Waals surface area contributed by atoms with Gasteiger partial charge in [0, 0.05) is 33.6 Å². The van der Waals surface area contributed by atoms with Gasteiger partial charge in [-0.2, -0.15) is 0 Å². The second-order valence-electron chi connectivity index (χ2n) is 19.3. The molecule has 0 aliphatic heterocycles. The van der Waals surface area contributed by atoms with Crippen LogP contribution in [0.5, 0.6) is 0 Å². The number of fused-ring (bicyclic) bond motifs is 3. The fraction of sp³-hybridized carbons (Fsp3) is 0.0423. The fourth-order valence-electron chi connectivity index (χ4n) is 11.4. The van der Waals surface area contributed by atoms with Crippen molar-refractivity contribution < 1.29 is 0 Å². The molecule has 10 aromatic carbocycles. The predicted octanol–water partition coefficient (Wildman–Crippen LogP) is 17.6. The number of benzene rings is 10. The SMILES string of the molecule is Cc1ccc(-c2ccccc2-c2nc(-c3ccc(-c4c(-c5ccccc5)cc(-c5ccccc5)cc4-c4ccccc4)cc3)nc(-c3ccc4c(c3)C(c3ccccc3)(c3ccccc3)c3ccccc3-4)n2)c(C)n1. The van der Waals surface area contributed by atoms with E-state index in [-0.39, 0.29) is 0 Å². The molecule has 0 radical (unpaired) electrons. The first-order chi connectivity index (χ1) is 37.0. The van der Waals surface area contributed by atoms with Crippen molar-refractivity contribution in [2.75, 3.05) is 0 Å². The van der Waals surface area contributed by atoms with Crippen LogP contribution in [-0.4, -0.2) is 19.9 Å². The van der Waals surface area contributed by atoms with Crippen LogP contribution in [0.2, 0.25) is 0 Å². The van der Waals surface area contributed by atoms with E-state index >= 15 is 0 Å². The number of pyridine rings is 1. The molecule has 0 saturated heterocycles. The van der Waals surface area contributed by atoms with Crippen molar-refractivity contribution in [1.82, 2.24) is 19.9 Å². The van der Waals surface area contributed by atoms with Crippen LogP contribution in [0.15, 0.2) is 267 Å². The first kappa shape index (κ1) is 45.2. The zero-order chi connectivity index (χ0) is 50.3. The fourth-order valence-corrected chi connectivity index (χ4v) is 11.4. The Balaban J connectivity index is 1.02. The van der Waals surface area contributed by atoms with Crippen molar-refractivity contribution in [3.8, 4) is 101 Å². The summed E-state index contributed by atoms with van der Waals surface area (Å²) in [7, 11) is 0. The lowest BCUT2D eigenvalue weighted by Crippen LogP contribution is -2.28. The Hall–Kier alpha value is -9.64. The van der Waals surface area contributed by atoms with Crippen LogP contribution in [0.25, 0.3) is 101 Å². The van der Waals surface area contributed by atoms with E-state index in [0.717, 1.165) is 78.1 Å². The Morgan fingerprint density at radius 3 is 1.28 bits per heavy atom. The molecular weight excluding hydrogens is 909 g/mol. The predicted molar refractivity (Wildman–Crippen MR) is 308 cm³/mol. The molecule has 4 nitrogen and oxygen atoms in total. The van der Waals surface area contributed by atoms with Crippen molar-refractivity contribution >= 4 is 0 Å². The number of rotatable bonds is 10. The zero-order valence-electron chi connectivity index (χ0n) is 41.7. The van der Waals surface area contributed by atoms with Crippen LogP contribution in [-0.2, 0) is 5.41 Å². The molecule has 1 aliphatic rings. The van der Waals surface area contributed by atoms with Gasteiger partial charge in [-0.25, -0.2) is 15.0 Å². The lowest BCUT2D eigenvalue weighted by molar-refractivity contribution is 0.768. The largest absolute Gasteiger partial charge is 0.258 e. The molecule has 1 aliphatic carbocycles. The lowest BCUT2D eigenvalue weighted by atomic mass is 9.67. The Bertz CT molecular complexity index is 3940. The maximum atomic E-state index is 5.45. The monoisotopic (exact) mass is 958 g/mol. The lowest BCUT2D eigenvalue weighted by Gasteiger charge is -2.34. The summed E-state index contributed by atoms with van der Waals surface area (Å²) in [6.07, 6.45) is 0. The molecule has 4 heteroatoms. The third kappa shape index (κ3) is 8.05. The molecule has 0 unspecified atom stereocenters. The molecule has 0 N–H and O–H groups in total. The highest BCUT2D eigenvalue weighted by molar-refractivity contribution is 5.98. The Morgan fingerprint density at radius 1 is 0.253 bits per heavy atom. The minimum absolute atomic E-state index is 0.585. The molecular formula is C71H50N4. The van der Waals surface area contributed by atoms with Crippen LogP contribution < -0.4 is 0 Å². The van der Waals surface area contributed by atoms with Crippen molar-refractivity contribution in [3.05, 3.63) is 301 Å². The van der Waals surface area contributed by atoms with Gasteiger partial charge in [-0.3, -0.25) is 4.98 Å². The van der Waals surface area contributed by atoms with Gasteiger partial charge in [-0.15, -0.1) is 0 Å². The molecule has 0 fully saturated rings. The maximum Gasteiger partial charge on any atom is 0.164 e. The molecule has 12 aromatic rings. The summed E-state index contributed by atoms with van der Waals surface area (Å²) in [6, 6.07) is 95.7. The van der Waals surface area contributed by atoms with Crippen LogP contribution in [0.3, 0.4) is 0 Å². The van der Waals surface area contributed by atoms with Gasteiger partial charge in [0.2, 0.25) is 0 Å². The van der Waals surface area contributed by atoms with Gasteiger partial charge >= 0.3 is 0 Å². The van der Waals surface area contributed by atoms with E-state index in [1.54, 1.807) is 0 Å². The number of nitrogens with zero attached hydrogens (tertiary/aromatic N) is 4. The van der Waals surface area contributed by atoms with Crippen molar-refractivity contribution in [3.63, 3.8) is 0 Å². The first-order valence-electron chi connectivity index (χ1n) is 25.6. The van der Waals surface area contributed by atoms with Crippen LogP contribution in [0, 0.1) is 13.8 Å². The number of aryl methyl sites for hydroxylation is 2. The quantitative estimate of drug-likeness (QED) is 0.137. The molecule has 13 rings (SSSR count). The Labute approximate surface area is 438 Å². The average Bonchev–Trinajstić information content (AvgIpc) is 3.79. The normalized spacial score (nSPS) is 12.2. The number of aromatic nitrogens is 4. The van der Waals surface area contributed by atoms with E-state index in [2.05, 4.69) is 274 Å². The molecule has 0 bridgehead atoms. The molecule has 0 atom stereocenters. The summed E-state index contributed by atoms with van der Waals surface area (Å²) in [5.41, 5.74) is 22.6. The van der Waals surface area contributed by atoms with Gasteiger partial charge in [0.15, 0.2) is 17.5 Å². The van der Waals surface area contributed by atoms with Crippen molar-refractivity contribution in [1.29, 1.82) is 0 Å². The van der Waals surface area contributed by atoms with Crippen LogP contribution >= 0.6 is 0 Å². The summed E-state index contributed by atoms with van der Waals surface area (Å²) >= 11 is 0. The molecule has 354 valence electrons. The van der Waals surface area contributed by atoms with Gasteiger partial charge in [-0.05, 0) is 122 Å². The summed E-state index contributed by atoms with van der Waals surface area (Å²) in [6.45, 7) is 4.10. The van der Waals surface area contributed by atoms with Gasteiger partial charge in [0.05, 0.1) is 5.41 Å².